The summed E-state index contributed by atoms with van der Waals surface area (Å²) in [5.41, 5.74) is 2.34. The number of hydrogen-bond acceptors (Lipinski definition) is 4. The SMILES string of the molecule is C=C/C(NC(C)=O)=C(C)\C=C(/C)OC(C)CCN1C(=O)c2ccccc2C1=O. The molecule has 148 valence electrons. The number of benzene rings is 1. The van der Waals surface area contributed by atoms with E-state index in [-0.39, 0.29) is 23.8 Å². The van der Waals surface area contributed by atoms with Crippen LogP contribution < -0.4 is 5.32 Å². The van der Waals surface area contributed by atoms with E-state index >= 15 is 0 Å². The molecule has 1 N–H and O–H groups in total. The molecule has 0 aliphatic carbocycles. The fourth-order valence-corrected chi connectivity index (χ4v) is 3.05. The second kappa shape index (κ2) is 9.17. The van der Waals surface area contributed by atoms with Gasteiger partial charge >= 0.3 is 0 Å². The summed E-state index contributed by atoms with van der Waals surface area (Å²) in [5.74, 6) is -0.0258. The van der Waals surface area contributed by atoms with E-state index in [0.29, 0.717) is 35.5 Å². The van der Waals surface area contributed by atoms with E-state index in [2.05, 4.69) is 11.9 Å². The quantitative estimate of drug-likeness (QED) is 0.424. The summed E-state index contributed by atoms with van der Waals surface area (Å²) in [6, 6.07) is 6.84. The lowest BCUT2D eigenvalue weighted by Gasteiger charge is -2.19. The highest BCUT2D eigenvalue weighted by Crippen LogP contribution is 2.23. The molecule has 2 rings (SSSR count). The third-order valence-corrected chi connectivity index (χ3v) is 4.38. The van der Waals surface area contributed by atoms with Crippen molar-refractivity contribution < 1.29 is 19.1 Å². The lowest BCUT2D eigenvalue weighted by molar-refractivity contribution is -0.118. The van der Waals surface area contributed by atoms with Crippen LogP contribution in [-0.2, 0) is 9.53 Å². The number of amides is 3. The largest absolute Gasteiger partial charge is 0.495 e. The summed E-state index contributed by atoms with van der Waals surface area (Å²) in [4.78, 5) is 37.3. The van der Waals surface area contributed by atoms with E-state index in [4.69, 9.17) is 4.74 Å². The molecule has 1 atom stereocenters. The van der Waals surface area contributed by atoms with Crippen molar-refractivity contribution in [3.05, 3.63) is 71.2 Å². The number of fused-ring (bicyclic) bond motifs is 1. The molecule has 0 bridgehead atoms. The van der Waals surface area contributed by atoms with Gasteiger partial charge in [-0.15, -0.1) is 0 Å². The third-order valence-electron chi connectivity index (χ3n) is 4.38. The molecule has 6 nitrogen and oxygen atoms in total. The Hall–Kier alpha value is -3.15. The van der Waals surface area contributed by atoms with Gasteiger partial charge in [-0.2, -0.15) is 0 Å². The Morgan fingerprint density at radius 1 is 1.18 bits per heavy atom. The zero-order chi connectivity index (χ0) is 20.8. The van der Waals surface area contributed by atoms with Crippen LogP contribution in [0.4, 0.5) is 0 Å². The minimum absolute atomic E-state index is 0.171. The summed E-state index contributed by atoms with van der Waals surface area (Å²) >= 11 is 0. The smallest absolute Gasteiger partial charge is 0.261 e. The van der Waals surface area contributed by atoms with E-state index in [9.17, 15) is 14.4 Å². The van der Waals surface area contributed by atoms with Crippen LogP contribution in [0.2, 0.25) is 0 Å². The lowest BCUT2D eigenvalue weighted by atomic mass is 10.1. The predicted octanol–water partition coefficient (Wildman–Crippen LogP) is 3.58. The average molecular weight is 382 g/mol. The highest BCUT2D eigenvalue weighted by atomic mass is 16.5. The van der Waals surface area contributed by atoms with Gasteiger partial charge < -0.3 is 10.1 Å². The number of allylic oxidation sites excluding steroid dienone is 4. The highest BCUT2D eigenvalue weighted by Gasteiger charge is 2.34. The van der Waals surface area contributed by atoms with E-state index < -0.39 is 0 Å². The zero-order valence-electron chi connectivity index (χ0n) is 16.7. The number of rotatable bonds is 8. The fourth-order valence-electron chi connectivity index (χ4n) is 3.05. The van der Waals surface area contributed by atoms with E-state index in [1.807, 2.05) is 26.8 Å². The maximum atomic E-state index is 12.4. The lowest BCUT2D eigenvalue weighted by Crippen LogP contribution is -2.32. The second-order valence-electron chi connectivity index (χ2n) is 6.76. The standard InChI is InChI=1S/C22H26N2O4/c1-6-20(23-17(5)25)14(2)13-16(4)28-15(3)11-12-24-21(26)18-9-7-8-10-19(18)22(24)27/h6-10,13,15H,1,11-12H2,2-5H3,(H,23,25)/b16-13+,20-14+. The molecule has 0 fully saturated rings. The first-order valence-corrected chi connectivity index (χ1v) is 9.15. The van der Waals surface area contributed by atoms with Crippen molar-refractivity contribution in [3.8, 4) is 0 Å². The molecule has 0 saturated carbocycles. The number of imide groups is 1. The minimum atomic E-state index is -0.259. The summed E-state index contributed by atoms with van der Waals surface area (Å²) in [6.07, 6.45) is 3.71. The van der Waals surface area contributed by atoms with Gasteiger partial charge in [-0.05, 0) is 50.6 Å². The highest BCUT2D eigenvalue weighted by molar-refractivity contribution is 6.21. The zero-order valence-corrected chi connectivity index (χ0v) is 16.7. The van der Waals surface area contributed by atoms with Gasteiger partial charge in [0, 0.05) is 25.6 Å². The number of carbonyl (C=O) groups excluding carboxylic acids is 3. The second-order valence-corrected chi connectivity index (χ2v) is 6.76. The number of hydrogen-bond donors (Lipinski definition) is 1. The average Bonchev–Trinajstić information content (AvgIpc) is 2.88. The first kappa shape index (κ1) is 21.2. The van der Waals surface area contributed by atoms with Crippen LogP contribution in [0.15, 0.2) is 60.0 Å². The van der Waals surface area contributed by atoms with Gasteiger partial charge in [0.15, 0.2) is 0 Å². The molecular weight excluding hydrogens is 356 g/mol. The van der Waals surface area contributed by atoms with Crippen LogP contribution >= 0.6 is 0 Å². The van der Waals surface area contributed by atoms with E-state index in [1.165, 1.54) is 11.8 Å². The molecule has 28 heavy (non-hydrogen) atoms. The molecule has 3 amide bonds. The molecule has 1 unspecified atom stereocenters. The minimum Gasteiger partial charge on any atom is -0.495 e. The third kappa shape index (κ3) is 4.97. The summed E-state index contributed by atoms with van der Waals surface area (Å²) in [5, 5.41) is 2.71. The van der Waals surface area contributed by atoms with Crippen molar-refractivity contribution in [2.75, 3.05) is 6.54 Å². The van der Waals surface area contributed by atoms with Gasteiger partial charge in [0.25, 0.3) is 11.8 Å². The van der Waals surface area contributed by atoms with Crippen LogP contribution in [0, 0.1) is 0 Å². The Kier molecular flexibility index (Phi) is 6.93. The van der Waals surface area contributed by atoms with E-state index in [1.54, 1.807) is 30.3 Å². The van der Waals surface area contributed by atoms with Crippen molar-refractivity contribution in [2.24, 2.45) is 0 Å². The van der Waals surface area contributed by atoms with Crippen LogP contribution in [0.3, 0.4) is 0 Å². The summed E-state index contributed by atoms with van der Waals surface area (Å²) in [6.45, 7) is 11.0. The summed E-state index contributed by atoms with van der Waals surface area (Å²) in [7, 11) is 0. The first-order valence-electron chi connectivity index (χ1n) is 9.15. The predicted molar refractivity (Wildman–Crippen MR) is 107 cm³/mol. The van der Waals surface area contributed by atoms with Gasteiger partial charge in [0.2, 0.25) is 5.91 Å². The Morgan fingerprint density at radius 3 is 2.25 bits per heavy atom. The van der Waals surface area contributed by atoms with Crippen molar-refractivity contribution in [2.45, 2.75) is 40.2 Å². The topological polar surface area (TPSA) is 75.7 Å². The molecule has 0 saturated heterocycles. The number of ether oxygens (including phenoxy) is 1. The Morgan fingerprint density at radius 2 is 1.75 bits per heavy atom. The van der Waals surface area contributed by atoms with Crippen LogP contribution in [-0.4, -0.2) is 35.3 Å². The Bertz CT molecular complexity index is 832. The van der Waals surface area contributed by atoms with Crippen molar-refractivity contribution in [3.63, 3.8) is 0 Å². The molecule has 1 aromatic carbocycles. The number of nitrogens with zero attached hydrogens (tertiary/aromatic N) is 1. The van der Waals surface area contributed by atoms with Gasteiger partial charge in [-0.25, -0.2) is 0 Å². The molecule has 0 radical (unpaired) electrons. The van der Waals surface area contributed by atoms with Crippen LogP contribution in [0.25, 0.3) is 0 Å². The molecule has 1 heterocycles. The number of carbonyl (C=O) groups is 3. The number of nitrogens with one attached hydrogen (secondary N) is 1. The molecule has 0 spiro atoms. The molecule has 1 aliphatic heterocycles. The molecular formula is C22H26N2O4. The van der Waals surface area contributed by atoms with E-state index in [0.717, 1.165) is 5.57 Å². The van der Waals surface area contributed by atoms with Crippen LogP contribution in [0.5, 0.6) is 0 Å². The summed E-state index contributed by atoms with van der Waals surface area (Å²) < 4.78 is 5.86. The first-order chi connectivity index (χ1) is 13.2. The van der Waals surface area contributed by atoms with Gasteiger partial charge in [0.1, 0.15) is 0 Å². The van der Waals surface area contributed by atoms with Gasteiger partial charge in [-0.1, -0.05) is 18.7 Å². The normalized spacial score (nSPS) is 15.7. The maximum Gasteiger partial charge on any atom is 0.261 e. The molecule has 1 aromatic rings. The van der Waals surface area contributed by atoms with Gasteiger partial charge in [-0.3, -0.25) is 19.3 Å². The fraction of sp³-hybridized carbons (Fsp3) is 0.318. The Labute approximate surface area is 165 Å². The van der Waals surface area contributed by atoms with Crippen LogP contribution in [0.1, 0.15) is 54.8 Å². The van der Waals surface area contributed by atoms with Gasteiger partial charge in [0.05, 0.1) is 23.0 Å². The maximum absolute atomic E-state index is 12.4. The monoisotopic (exact) mass is 382 g/mol. The Balaban J connectivity index is 1.95. The van der Waals surface area contributed by atoms with Crippen molar-refractivity contribution in [1.29, 1.82) is 0 Å². The van der Waals surface area contributed by atoms with Crippen molar-refractivity contribution in [1.82, 2.24) is 10.2 Å². The molecule has 6 heteroatoms. The molecule has 0 aromatic heterocycles. The molecule has 1 aliphatic rings. The van der Waals surface area contributed by atoms with Crippen molar-refractivity contribution >= 4 is 17.7 Å².